The average Bonchev–Trinajstić information content (AvgIpc) is 2.73. The van der Waals surface area contributed by atoms with Gasteiger partial charge >= 0.3 is 0 Å². The Balaban J connectivity index is 1.27. The lowest BCUT2D eigenvalue weighted by molar-refractivity contribution is -0.00877. The van der Waals surface area contributed by atoms with Crippen LogP contribution in [0.1, 0.15) is 36.5 Å². The highest BCUT2D eigenvalue weighted by Gasteiger charge is 2.34. The summed E-state index contributed by atoms with van der Waals surface area (Å²) in [6.45, 7) is 5.34. The van der Waals surface area contributed by atoms with Gasteiger partial charge in [0, 0.05) is 24.4 Å². The molecule has 4 rings (SSSR count). The van der Waals surface area contributed by atoms with Crippen LogP contribution in [0.15, 0.2) is 48.5 Å². The summed E-state index contributed by atoms with van der Waals surface area (Å²) in [7, 11) is 0. The van der Waals surface area contributed by atoms with Crippen molar-refractivity contribution >= 4 is 5.78 Å². The number of benzene rings is 2. The molecule has 0 spiro atoms. The van der Waals surface area contributed by atoms with Crippen molar-refractivity contribution in [3.05, 3.63) is 59.9 Å². The predicted molar refractivity (Wildman–Crippen MR) is 105 cm³/mol. The zero-order valence-corrected chi connectivity index (χ0v) is 16.2. The summed E-state index contributed by atoms with van der Waals surface area (Å²) in [5, 5.41) is 0. The van der Waals surface area contributed by atoms with Crippen LogP contribution in [-0.4, -0.2) is 42.5 Å². The van der Waals surface area contributed by atoms with Gasteiger partial charge in [-0.3, -0.25) is 4.79 Å². The van der Waals surface area contributed by atoms with Gasteiger partial charge < -0.3 is 14.4 Å². The molecule has 0 radical (unpaired) electrons. The number of carbonyl (C=O) groups excluding carboxylic acids is 1. The third kappa shape index (κ3) is 4.20. The van der Waals surface area contributed by atoms with Crippen LogP contribution in [0.2, 0.25) is 0 Å². The maximum atomic E-state index is 13.1. The number of Topliss-reactive ketones (excluding diaryl/α,β-unsaturated/α-hetero) is 1. The first-order valence-electron chi connectivity index (χ1n) is 9.95. The lowest BCUT2D eigenvalue weighted by Gasteiger charge is -2.38. The Kier molecular flexibility index (Phi) is 5.36. The first kappa shape index (κ1) is 18.9. The molecule has 0 aromatic heterocycles. The summed E-state index contributed by atoms with van der Waals surface area (Å²) in [6.07, 6.45) is 2.55. The highest BCUT2D eigenvalue weighted by atomic mass is 19.1. The van der Waals surface area contributed by atoms with Crippen molar-refractivity contribution in [1.29, 1.82) is 0 Å². The molecular formula is C23H26FNO3. The molecule has 1 atom stereocenters. The van der Waals surface area contributed by atoms with E-state index in [1.807, 2.05) is 24.3 Å². The molecule has 0 saturated carbocycles. The molecule has 148 valence electrons. The van der Waals surface area contributed by atoms with Gasteiger partial charge in [-0.25, -0.2) is 4.39 Å². The van der Waals surface area contributed by atoms with Gasteiger partial charge in [-0.15, -0.1) is 0 Å². The zero-order chi connectivity index (χ0) is 19.6. The summed E-state index contributed by atoms with van der Waals surface area (Å²) >= 11 is 0. The molecule has 0 amide bonds. The second-order valence-electron chi connectivity index (χ2n) is 8.02. The monoisotopic (exact) mass is 383 g/mol. The number of para-hydroxylation sites is 2. The Hall–Kier alpha value is -2.40. The van der Waals surface area contributed by atoms with Gasteiger partial charge in [0.1, 0.15) is 18.0 Å². The Labute approximate surface area is 165 Å². The predicted octanol–water partition coefficient (Wildman–Crippen LogP) is 4.34. The lowest BCUT2D eigenvalue weighted by Crippen LogP contribution is -2.46. The average molecular weight is 383 g/mol. The number of rotatable bonds is 5. The van der Waals surface area contributed by atoms with Gasteiger partial charge in [-0.2, -0.15) is 0 Å². The van der Waals surface area contributed by atoms with E-state index in [1.165, 1.54) is 12.1 Å². The van der Waals surface area contributed by atoms with Crippen molar-refractivity contribution in [2.75, 3.05) is 26.2 Å². The second-order valence-corrected chi connectivity index (χ2v) is 8.02. The number of halogens is 1. The van der Waals surface area contributed by atoms with Crippen LogP contribution < -0.4 is 9.47 Å². The zero-order valence-electron chi connectivity index (χ0n) is 16.2. The second kappa shape index (κ2) is 7.92. The SMILES string of the molecule is CC1(CCN2CCC(C(=O)c3ccc(F)cc3)CC2)COc2ccccc2O1. The number of ether oxygens (including phenoxy) is 2. The summed E-state index contributed by atoms with van der Waals surface area (Å²) in [6, 6.07) is 13.7. The Morgan fingerprint density at radius 2 is 1.79 bits per heavy atom. The van der Waals surface area contributed by atoms with Crippen molar-refractivity contribution in [2.24, 2.45) is 5.92 Å². The minimum atomic E-state index is -0.338. The van der Waals surface area contributed by atoms with E-state index in [1.54, 1.807) is 12.1 Å². The maximum absolute atomic E-state index is 13.1. The Bertz CT molecular complexity index is 830. The molecule has 0 aliphatic carbocycles. The normalized spacial score (nSPS) is 22.8. The molecule has 2 aromatic rings. The number of hydrogen-bond acceptors (Lipinski definition) is 4. The van der Waals surface area contributed by atoms with Crippen LogP contribution in [-0.2, 0) is 0 Å². The maximum Gasteiger partial charge on any atom is 0.166 e. The third-order valence-corrected chi connectivity index (χ3v) is 5.78. The molecule has 0 bridgehead atoms. The quantitative estimate of drug-likeness (QED) is 0.720. The molecule has 5 heteroatoms. The van der Waals surface area contributed by atoms with Crippen LogP contribution >= 0.6 is 0 Å². The summed E-state index contributed by atoms with van der Waals surface area (Å²) in [4.78, 5) is 15.0. The molecule has 0 N–H and O–H groups in total. The lowest BCUT2D eigenvalue weighted by atomic mass is 9.88. The van der Waals surface area contributed by atoms with E-state index in [0.717, 1.165) is 50.4 Å². The topological polar surface area (TPSA) is 38.8 Å². The van der Waals surface area contributed by atoms with Crippen LogP contribution in [0.4, 0.5) is 4.39 Å². The molecule has 1 unspecified atom stereocenters. The first-order valence-corrected chi connectivity index (χ1v) is 9.95. The third-order valence-electron chi connectivity index (χ3n) is 5.78. The number of fused-ring (bicyclic) bond motifs is 1. The van der Waals surface area contributed by atoms with Crippen molar-refractivity contribution in [3.8, 4) is 11.5 Å². The molecule has 2 aromatic carbocycles. The van der Waals surface area contributed by atoms with E-state index >= 15 is 0 Å². The minimum Gasteiger partial charge on any atom is -0.486 e. The van der Waals surface area contributed by atoms with E-state index in [-0.39, 0.29) is 23.1 Å². The van der Waals surface area contributed by atoms with E-state index in [0.29, 0.717) is 12.2 Å². The van der Waals surface area contributed by atoms with E-state index in [2.05, 4.69) is 11.8 Å². The molecule has 2 heterocycles. The number of hydrogen-bond donors (Lipinski definition) is 0. The Morgan fingerprint density at radius 3 is 2.50 bits per heavy atom. The van der Waals surface area contributed by atoms with Crippen LogP contribution in [0.5, 0.6) is 11.5 Å². The largest absolute Gasteiger partial charge is 0.486 e. The fourth-order valence-corrected chi connectivity index (χ4v) is 3.97. The molecule has 1 fully saturated rings. The number of likely N-dealkylation sites (tertiary alicyclic amines) is 1. The van der Waals surface area contributed by atoms with Gasteiger partial charge in [0.2, 0.25) is 0 Å². The van der Waals surface area contributed by atoms with Crippen LogP contribution in [0.3, 0.4) is 0 Å². The Morgan fingerprint density at radius 1 is 1.11 bits per heavy atom. The summed E-state index contributed by atoms with van der Waals surface area (Å²) in [5.74, 6) is 1.46. The molecule has 4 nitrogen and oxygen atoms in total. The van der Waals surface area contributed by atoms with Gasteiger partial charge in [-0.05, 0) is 69.3 Å². The first-order chi connectivity index (χ1) is 13.5. The fourth-order valence-electron chi connectivity index (χ4n) is 3.97. The molecule has 2 aliphatic heterocycles. The van der Waals surface area contributed by atoms with Crippen LogP contribution in [0, 0.1) is 11.7 Å². The number of piperidine rings is 1. The number of nitrogens with zero attached hydrogens (tertiary/aromatic N) is 1. The smallest absolute Gasteiger partial charge is 0.166 e. The van der Waals surface area contributed by atoms with Gasteiger partial charge in [0.25, 0.3) is 0 Å². The highest BCUT2D eigenvalue weighted by Crippen LogP contribution is 2.36. The molecule has 2 aliphatic rings. The fraction of sp³-hybridized carbons (Fsp3) is 0.435. The van der Waals surface area contributed by atoms with Crippen molar-refractivity contribution in [2.45, 2.75) is 31.8 Å². The molecule has 1 saturated heterocycles. The van der Waals surface area contributed by atoms with Gasteiger partial charge in [0.05, 0.1) is 0 Å². The highest BCUT2D eigenvalue weighted by molar-refractivity contribution is 5.97. The number of carbonyl (C=O) groups is 1. The van der Waals surface area contributed by atoms with Crippen LogP contribution in [0.25, 0.3) is 0 Å². The van der Waals surface area contributed by atoms with E-state index in [4.69, 9.17) is 9.47 Å². The standard InChI is InChI=1S/C23H26FNO3/c1-23(16-27-20-4-2-3-5-21(20)28-23)12-15-25-13-10-18(11-14-25)22(26)17-6-8-19(24)9-7-17/h2-9,18H,10-16H2,1H3. The van der Waals surface area contributed by atoms with Crippen molar-refractivity contribution in [3.63, 3.8) is 0 Å². The van der Waals surface area contributed by atoms with Gasteiger partial charge in [-0.1, -0.05) is 12.1 Å². The summed E-state index contributed by atoms with van der Waals surface area (Å²) < 4.78 is 25.1. The van der Waals surface area contributed by atoms with Gasteiger partial charge in [0.15, 0.2) is 17.3 Å². The minimum absolute atomic E-state index is 0.0263. The van der Waals surface area contributed by atoms with E-state index < -0.39 is 0 Å². The van der Waals surface area contributed by atoms with E-state index in [9.17, 15) is 9.18 Å². The van der Waals surface area contributed by atoms with Crippen molar-refractivity contribution in [1.82, 2.24) is 4.90 Å². The number of ketones is 1. The van der Waals surface area contributed by atoms with Crippen molar-refractivity contribution < 1.29 is 18.7 Å². The molecular weight excluding hydrogens is 357 g/mol. The summed E-state index contributed by atoms with van der Waals surface area (Å²) in [5.41, 5.74) is 0.272. The molecule has 28 heavy (non-hydrogen) atoms.